The molecular formula is C17H25N3O3. The molecule has 2 rings (SSSR count). The van der Waals surface area contributed by atoms with Gasteiger partial charge in [0.25, 0.3) is 0 Å². The zero-order valence-corrected chi connectivity index (χ0v) is 14.0. The van der Waals surface area contributed by atoms with Gasteiger partial charge in [0.05, 0.1) is 12.6 Å². The minimum atomic E-state index is -0.226. The number of rotatable bonds is 5. The fourth-order valence-electron chi connectivity index (χ4n) is 2.64. The van der Waals surface area contributed by atoms with E-state index in [1.807, 2.05) is 43.0 Å². The van der Waals surface area contributed by atoms with Crippen molar-refractivity contribution >= 4 is 17.5 Å². The number of carbonyl (C=O) groups excluding carboxylic acids is 2. The van der Waals surface area contributed by atoms with Gasteiger partial charge in [0.15, 0.2) is 0 Å². The highest BCUT2D eigenvalue weighted by Crippen LogP contribution is 2.16. The summed E-state index contributed by atoms with van der Waals surface area (Å²) in [5.41, 5.74) is 0.757. The lowest BCUT2D eigenvalue weighted by Gasteiger charge is -2.37. The summed E-state index contributed by atoms with van der Waals surface area (Å²) in [7, 11) is 0. The third-order valence-corrected chi connectivity index (χ3v) is 4.12. The number of nitrogens with one attached hydrogen (secondary N) is 1. The number of carbonyl (C=O) groups is 2. The van der Waals surface area contributed by atoms with Crippen molar-refractivity contribution < 1.29 is 14.3 Å². The molecule has 0 bridgehead atoms. The highest BCUT2D eigenvalue weighted by atomic mass is 16.5. The number of hydrogen-bond donors (Lipinski definition) is 1. The van der Waals surface area contributed by atoms with Gasteiger partial charge >= 0.3 is 0 Å². The van der Waals surface area contributed by atoms with E-state index < -0.39 is 0 Å². The molecule has 1 aliphatic heterocycles. The maximum absolute atomic E-state index is 12.4. The molecule has 0 radical (unpaired) electrons. The van der Waals surface area contributed by atoms with Crippen molar-refractivity contribution in [3.05, 3.63) is 24.3 Å². The summed E-state index contributed by atoms with van der Waals surface area (Å²) in [6.45, 7) is 8.82. The highest BCUT2D eigenvalue weighted by Gasteiger charge is 2.26. The second-order valence-electron chi connectivity index (χ2n) is 5.66. The topological polar surface area (TPSA) is 61.9 Å². The number of anilines is 1. The SMILES string of the molecule is CCOc1ccc(NC(=O)C(C)N2CCN(C(C)=O)CC2)cc1. The number of hydrogen-bond acceptors (Lipinski definition) is 4. The first-order valence-corrected chi connectivity index (χ1v) is 8.04. The standard InChI is InChI=1S/C17H25N3O3/c1-4-23-16-7-5-15(6-8-16)18-17(22)13(2)19-9-11-20(12-10-19)14(3)21/h5-8,13H,4,9-12H2,1-3H3,(H,18,22). The van der Waals surface area contributed by atoms with Crippen LogP contribution in [0.25, 0.3) is 0 Å². The molecule has 2 amide bonds. The normalized spacial score (nSPS) is 16.7. The predicted octanol–water partition coefficient (Wildman–Crippen LogP) is 1.58. The summed E-state index contributed by atoms with van der Waals surface area (Å²) in [5.74, 6) is 0.848. The molecule has 1 aliphatic rings. The Kier molecular flexibility index (Phi) is 5.98. The summed E-state index contributed by atoms with van der Waals surface area (Å²) in [6.07, 6.45) is 0. The number of nitrogens with zero attached hydrogens (tertiary/aromatic N) is 2. The maximum atomic E-state index is 12.4. The van der Waals surface area contributed by atoms with Crippen LogP contribution >= 0.6 is 0 Å². The van der Waals surface area contributed by atoms with Crippen LogP contribution in [0.5, 0.6) is 5.75 Å². The molecule has 23 heavy (non-hydrogen) atoms. The molecule has 1 saturated heterocycles. The Morgan fingerprint density at radius 3 is 2.30 bits per heavy atom. The third-order valence-electron chi connectivity index (χ3n) is 4.12. The monoisotopic (exact) mass is 319 g/mol. The molecule has 6 heteroatoms. The lowest BCUT2D eigenvalue weighted by Crippen LogP contribution is -2.53. The van der Waals surface area contributed by atoms with Gasteiger partial charge in [-0.1, -0.05) is 0 Å². The Balaban J connectivity index is 1.86. The molecule has 1 unspecified atom stereocenters. The van der Waals surface area contributed by atoms with Gasteiger partial charge in [-0.2, -0.15) is 0 Å². The molecule has 0 aromatic heterocycles. The average Bonchev–Trinajstić information content (AvgIpc) is 2.56. The van der Waals surface area contributed by atoms with Crippen LogP contribution in [-0.2, 0) is 9.59 Å². The van der Waals surface area contributed by atoms with Crippen LogP contribution in [-0.4, -0.2) is 60.4 Å². The minimum absolute atomic E-state index is 0.0366. The Morgan fingerprint density at radius 1 is 1.17 bits per heavy atom. The van der Waals surface area contributed by atoms with Crippen molar-refractivity contribution in [2.24, 2.45) is 0 Å². The van der Waals surface area contributed by atoms with Crippen molar-refractivity contribution in [1.29, 1.82) is 0 Å². The molecule has 1 N–H and O–H groups in total. The second-order valence-corrected chi connectivity index (χ2v) is 5.66. The van der Waals surface area contributed by atoms with Crippen LogP contribution in [0.4, 0.5) is 5.69 Å². The van der Waals surface area contributed by atoms with Gasteiger partial charge in [0, 0.05) is 38.8 Å². The average molecular weight is 319 g/mol. The Hall–Kier alpha value is -2.08. The first-order chi connectivity index (χ1) is 11.0. The largest absolute Gasteiger partial charge is 0.494 e. The summed E-state index contributed by atoms with van der Waals surface area (Å²) >= 11 is 0. The Labute approximate surface area is 137 Å². The number of piperazine rings is 1. The van der Waals surface area contributed by atoms with E-state index in [1.54, 1.807) is 6.92 Å². The van der Waals surface area contributed by atoms with Crippen molar-refractivity contribution in [3.63, 3.8) is 0 Å². The fraction of sp³-hybridized carbons (Fsp3) is 0.529. The van der Waals surface area contributed by atoms with Gasteiger partial charge in [0.2, 0.25) is 11.8 Å². The van der Waals surface area contributed by atoms with Crippen molar-refractivity contribution in [2.75, 3.05) is 38.1 Å². The first kappa shape index (κ1) is 17.3. The van der Waals surface area contributed by atoms with E-state index >= 15 is 0 Å². The van der Waals surface area contributed by atoms with Crippen molar-refractivity contribution in [2.45, 2.75) is 26.8 Å². The molecule has 0 saturated carbocycles. The second kappa shape index (κ2) is 7.97. The first-order valence-electron chi connectivity index (χ1n) is 8.04. The van der Waals surface area contributed by atoms with E-state index in [2.05, 4.69) is 10.2 Å². The zero-order chi connectivity index (χ0) is 16.8. The van der Waals surface area contributed by atoms with Crippen LogP contribution in [0.1, 0.15) is 20.8 Å². The van der Waals surface area contributed by atoms with Gasteiger partial charge in [0.1, 0.15) is 5.75 Å². The van der Waals surface area contributed by atoms with E-state index in [-0.39, 0.29) is 17.9 Å². The molecule has 1 fully saturated rings. The van der Waals surface area contributed by atoms with Gasteiger partial charge in [-0.25, -0.2) is 0 Å². The van der Waals surface area contributed by atoms with Gasteiger partial charge in [-0.3, -0.25) is 14.5 Å². The molecule has 1 heterocycles. The van der Waals surface area contributed by atoms with Gasteiger partial charge in [-0.15, -0.1) is 0 Å². The molecule has 1 aromatic rings. The van der Waals surface area contributed by atoms with Crippen LogP contribution in [0.15, 0.2) is 24.3 Å². The molecule has 1 aromatic carbocycles. The molecule has 0 aliphatic carbocycles. The number of benzene rings is 1. The van der Waals surface area contributed by atoms with Crippen LogP contribution in [0.3, 0.4) is 0 Å². The van der Waals surface area contributed by atoms with Crippen LogP contribution < -0.4 is 10.1 Å². The van der Waals surface area contributed by atoms with Crippen LogP contribution in [0.2, 0.25) is 0 Å². The summed E-state index contributed by atoms with van der Waals surface area (Å²) < 4.78 is 5.38. The van der Waals surface area contributed by atoms with E-state index in [4.69, 9.17) is 4.74 Å². The molecule has 126 valence electrons. The smallest absolute Gasteiger partial charge is 0.241 e. The fourth-order valence-corrected chi connectivity index (χ4v) is 2.64. The Morgan fingerprint density at radius 2 is 1.78 bits per heavy atom. The van der Waals surface area contributed by atoms with Gasteiger partial charge < -0.3 is 15.0 Å². The molecule has 1 atom stereocenters. The molecule has 0 spiro atoms. The summed E-state index contributed by atoms with van der Waals surface area (Å²) in [6, 6.07) is 7.13. The quantitative estimate of drug-likeness (QED) is 0.895. The van der Waals surface area contributed by atoms with Crippen LogP contribution in [0, 0.1) is 0 Å². The molecular weight excluding hydrogens is 294 g/mol. The number of ether oxygens (including phenoxy) is 1. The zero-order valence-electron chi connectivity index (χ0n) is 14.0. The van der Waals surface area contributed by atoms with E-state index in [0.717, 1.165) is 24.5 Å². The highest BCUT2D eigenvalue weighted by molar-refractivity contribution is 5.94. The minimum Gasteiger partial charge on any atom is -0.494 e. The van der Waals surface area contributed by atoms with E-state index in [1.165, 1.54) is 0 Å². The predicted molar refractivity (Wildman–Crippen MR) is 89.5 cm³/mol. The van der Waals surface area contributed by atoms with Crippen molar-refractivity contribution in [1.82, 2.24) is 9.80 Å². The number of amides is 2. The van der Waals surface area contributed by atoms with Gasteiger partial charge in [-0.05, 0) is 38.1 Å². The Bertz CT molecular complexity index is 537. The van der Waals surface area contributed by atoms with Crippen molar-refractivity contribution in [3.8, 4) is 5.75 Å². The maximum Gasteiger partial charge on any atom is 0.241 e. The third kappa shape index (κ3) is 4.69. The molecule has 6 nitrogen and oxygen atoms in total. The van der Waals surface area contributed by atoms with E-state index in [9.17, 15) is 9.59 Å². The summed E-state index contributed by atoms with van der Waals surface area (Å²) in [4.78, 5) is 27.6. The lowest BCUT2D eigenvalue weighted by atomic mass is 10.2. The summed E-state index contributed by atoms with van der Waals surface area (Å²) in [5, 5.41) is 2.93. The lowest BCUT2D eigenvalue weighted by molar-refractivity contribution is -0.131. The van der Waals surface area contributed by atoms with E-state index in [0.29, 0.717) is 19.7 Å².